The molecule has 2 heterocycles. The SMILES string of the molecule is O=C(O)COCC(=O)N=C1S[C@H]2CS(=O)(=O)C[C@H]2N1c1cccc(Br)c1. The molecule has 8 nitrogen and oxygen atoms in total. The third kappa shape index (κ3) is 4.45. The van der Waals surface area contributed by atoms with Gasteiger partial charge in [-0.05, 0) is 18.2 Å². The molecule has 2 aliphatic rings. The molecule has 140 valence electrons. The fourth-order valence-corrected chi connectivity index (χ4v) is 7.18. The van der Waals surface area contributed by atoms with Gasteiger partial charge < -0.3 is 14.7 Å². The second-order valence-corrected chi connectivity index (χ2v) is 10.1. The number of anilines is 1. The standard InChI is InChI=1S/C15H15BrN2O6S2/c16-9-2-1-3-10(4-9)18-11-7-26(22,23)8-12(11)25-15(18)17-13(19)5-24-6-14(20)21/h1-4,11-12H,5-8H2,(H,20,21)/t11-,12+/m1/s1. The summed E-state index contributed by atoms with van der Waals surface area (Å²) in [5.41, 5.74) is 0.731. The Balaban J connectivity index is 1.85. The predicted octanol–water partition coefficient (Wildman–Crippen LogP) is 1.15. The summed E-state index contributed by atoms with van der Waals surface area (Å²) in [7, 11) is -3.14. The number of amides is 1. The number of carbonyl (C=O) groups excluding carboxylic acids is 1. The first-order valence-corrected chi connectivity index (χ1v) is 11.1. The third-order valence-electron chi connectivity index (χ3n) is 3.82. The Kier molecular flexibility index (Phi) is 5.70. The summed E-state index contributed by atoms with van der Waals surface area (Å²) < 4.78 is 29.6. The number of aliphatic carboxylic acids is 1. The number of sulfone groups is 1. The molecule has 2 fully saturated rings. The maximum absolute atomic E-state index is 12.0. The number of amidine groups is 1. The lowest BCUT2D eigenvalue weighted by Gasteiger charge is -2.24. The van der Waals surface area contributed by atoms with Gasteiger partial charge >= 0.3 is 5.97 Å². The van der Waals surface area contributed by atoms with E-state index in [0.717, 1.165) is 10.2 Å². The molecule has 0 bridgehead atoms. The Morgan fingerprint density at radius 2 is 2.12 bits per heavy atom. The molecular formula is C15H15BrN2O6S2. The van der Waals surface area contributed by atoms with Crippen LogP contribution in [0.1, 0.15) is 0 Å². The molecule has 0 radical (unpaired) electrons. The molecule has 1 aromatic rings. The summed E-state index contributed by atoms with van der Waals surface area (Å²) in [6, 6.07) is 7.01. The van der Waals surface area contributed by atoms with Gasteiger partial charge in [-0.2, -0.15) is 4.99 Å². The monoisotopic (exact) mass is 462 g/mol. The van der Waals surface area contributed by atoms with Gasteiger partial charge in [0.15, 0.2) is 15.0 Å². The molecule has 0 aliphatic carbocycles. The normalized spacial score (nSPS) is 25.4. The Hall–Kier alpha value is -1.43. The van der Waals surface area contributed by atoms with Crippen molar-refractivity contribution in [3.8, 4) is 0 Å². The van der Waals surface area contributed by atoms with Crippen molar-refractivity contribution in [3.05, 3.63) is 28.7 Å². The van der Waals surface area contributed by atoms with E-state index in [4.69, 9.17) is 9.84 Å². The number of ether oxygens (including phenoxy) is 1. The molecule has 3 rings (SSSR count). The van der Waals surface area contributed by atoms with Crippen LogP contribution in [0.2, 0.25) is 0 Å². The third-order valence-corrected chi connectivity index (χ3v) is 7.53. The fourth-order valence-electron chi connectivity index (χ4n) is 2.86. The van der Waals surface area contributed by atoms with Crippen LogP contribution in [0.15, 0.2) is 33.7 Å². The van der Waals surface area contributed by atoms with E-state index in [-0.39, 0.29) is 22.8 Å². The first-order valence-electron chi connectivity index (χ1n) is 7.58. The highest BCUT2D eigenvalue weighted by atomic mass is 79.9. The average Bonchev–Trinajstić information content (AvgIpc) is 2.97. The van der Waals surface area contributed by atoms with Crippen molar-refractivity contribution in [1.82, 2.24) is 0 Å². The summed E-state index contributed by atoms with van der Waals surface area (Å²) in [4.78, 5) is 28.2. The maximum atomic E-state index is 12.0. The molecule has 1 aromatic carbocycles. The van der Waals surface area contributed by atoms with Crippen LogP contribution in [0.25, 0.3) is 0 Å². The van der Waals surface area contributed by atoms with E-state index in [1.165, 1.54) is 11.8 Å². The minimum absolute atomic E-state index is 0.0000946. The number of thioether (sulfide) groups is 1. The highest BCUT2D eigenvalue weighted by molar-refractivity contribution is 9.10. The molecule has 1 N–H and O–H groups in total. The first-order chi connectivity index (χ1) is 12.2. The lowest BCUT2D eigenvalue weighted by atomic mass is 10.2. The van der Waals surface area contributed by atoms with E-state index in [1.807, 2.05) is 24.3 Å². The molecule has 0 spiro atoms. The van der Waals surface area contributed by atoms with Crippen molar-refractivity contribution in [3.63, 3.8) is 0 Å². The predicted molar refractivity (Wildman–Crippen MR) is 101 cm³/mol. The largest absolute Gasteiger partial charge is 0.480 e. The number of carbonyl (C=O) groups is 2. The Morgan fingerprint density at radius 1 is 1.35 bits per heavy atom. The van der Waals surface area contributed by atoms with Gasteiger partial charge in [0, 0.05) is 15.4 Å². The second-order valence-electron chi connectivity index (χ2n) is 5.83. The van der Waals surface area contributed by atoms with Gasteiger partial charge in [0.25, 0.3) is 5.91 Å². The summed E-state index contributed by atoms with van der Waals surface area (Å²) in [6.45, 7) is -1.03. The van der Waals surface area contributed by atoms with Gasteiger partial charge in [0.1, 0.15) is 13.2 Å². The van der Waals surface area contributed by atoms with Crippen molar-refractivity contribution in [2.75, 3.05) is 29.6 Å². The summed E-state index contributed by atoms with van der Waals surface area (Å²) in [6.07, 6.45) is 0. The van der Waals surface area contributed by atoms with Crippen molar-refractivity contribution in [1.29, 1.82) is 0 Å². The van der Waals surface area contributed by atoms with E-state index in [0.29, 0.717) is 5.17 Å². The van der Waals surface area contributed by atoms with Crippen LogP contribution in [0.3, 0.4) is 0 Å². The van der Waals surface area contributed by atoms with Crippen LogP contribution in [0.4, 0.5) is 5.69 Å². The van der Waals surface area contributed by atoms with Crippen LogP contribution < -0.4 is 4.90 Å². The number of nitrogens with zero attached hydrogens (tertiary/aromatic N) is 2. The molecule has 1 amide bonds. The molecule has 2 saturated heterocycles. The quantitative estimate of drug-likeness (QED) is 0.692. The molecule has 2 atom stereocenters. The zero-order valence-electron chi connectivity index (χ0n) is 13.4. The zero-order chi connectivity index (χ0) is 18.9. The highest BCUT2D eigenvalue weighted by Gasteiger charge is 2.49. The van der Waals surface area contributed by atoms with Crippen LogP contribution in [-0.2, 0) is 24.2 Å². The van der Waals surface area contributed by atoms with Gasteiger partial charge in [0.2, 0.25) is 0 Å². The number of hydrogen-bond acceptors (Lipinski definition) is 6. The van der Waals surface area contributed by atoms with Crippen molar-refractivity contribution < 1.29 is 27.9 Å². The number of halogens is 1. The lowest BCUT2D eigenvalue weighted by Crippen LogP contribution is -2.37. The van der Waals surface area contributed by atoms with E-state index >= 15 is 0 Å². The lowest BCUT2D eigenvalue weighted by molar-refractivity contribution is -0.143. The summed E-state index contributed by atoms with van der Waals surface area (Å²) >= 11 is 4.64. The summed E-state index contributed by atoms with van der Waals surface area (Å²) in [5, 5.41) is 8.74. The van der Waals surface area contributed by atoms with Gasteiger partial charge in [-0.15, -0.1) is 0 Å². The van der Waals surface area contributed by atoms with Crippen LogP contribution >= 0.6 is 27.7 Å². The van der Waals surface area contributed by atoms with Gasteiger partial charge in [-0.25, -0.2) is 13.2 Å². The number of rotatable bonds is 5. The number of carboxylic acids is 1. The van der Waals surface area contributed by atoms with Crippen LogP contribution in [0.5, 0.6) is 0 Å². The van der Waals surface area contributed by atoms with Crippen molar-refractivity contribution >= 4 is 60.3 Å². The van der Waals surface area contributed by atoms with E-state index in [9.17, 15) is 18.0 Å². The van der Waals surface area contributed by atoms with E-state index < -0.39 is 34.9 Å². The number of aliphatic imine (C=N–C) groups is 1. The highest BCUT2D eigenvalue weighted by Crippen LogP contribution is 2.41. The van der Waals surface area contributed by atoms with Gasteiger partial charge in [-0.1, -0.05) is 33.8 Å². The second kappa shape index (κ2) is 7.67. The molecule has 0 saturated carbocycles. The molecule has 0 unspecified atom stereocenters. The molecule has 26 heavy (non-hydrogen) atoms. The number of carboxylic acid groups (broad SMARTS) is 1. The Labute approximate surface area is 162 Å². The Bertz CT molecular complexity index is 873. The topological polar surface area (TPSA) is 113 Å². The Morgan fingerprint density at radius 3 is 2.81 bits per heavy atom. The number of fused-ring (bicyclic) bond motifs is 1. The van der Waals surface area contributed by atoms with Gasteiger partial charge in [0.05, 0.1) is 17.5 Å². The van der Waals surface area contributed by atoms with Crippen LogP contribution in [-0.4, -0.2) is 66.6 Å². The van der Waals surface area contributed by atoms with E-state index in [2.05, 4.69) is 20.9 Å². The minimum Gasteiger partial charge on any atom is -0.480 e. The smallest absolute Gasteiger partial charge is 0.329 e. The molecule has 2 aliphatic heterocycles. The number of benzene rings is 1. The van der Waals surface area contributed by atoms with Crippen molar-refractivity contribution in [2.45, 2.75) is 11.3 Å². The average molecular weight is 463 g/mol. The summed E-state index contributed by atoms with van der Waals surface area (Å²) in [5.74, 6) is -1.75. The molecular weight excluding hydrogens is 448 g/mol. The first kappa shape index (κ1) is 19.3. The maximum Gasteiger partial charge on any atom is 0.329 e. The fraction of sp³-hybridized carbons (Fsp3) is 0.400. The van der Waals surface area contributed by atoms with E-state index in [1.54, 1.807) is 4.90 Å². The number of hydrogen-bond donors (Lipinski definition) is 1. The molecule has 11 heteroatoms. The van der Waals surface area contributed by atoms with Crippen molar-refractivity contribution in [2.24, 2.45) is 4.99 Å². The van der Waals surface area contributed by atoms with Crippen LogP contribution in [0, 0.1) is 0 Å². The molecule has 0 aromatic heterocycles. The van der Waals surface area contributed by atoms with Gasteiger partial charge in [-0.3, -0.25) is 4.79 Å². The minimum atomic E-state index is -3.14. The zero-order valence-corrected chi connectivity index (χ0v) is 16.6.